The molecule has 0 aromatic rings. The maximum Gasteiger partial charge on any atom is 2.00 e. The number of aliphatic carboxylic acids is 2. The summed E-state index contributed by atoms with van der Waals surface area (Å²) in [4.78, 5) is 20.2. The number of alkyl halides is 2. The number of carbonyl (C=O) groups excluding carboxylic acids is 2. The van der Waals surface area contributed by atoms with Crippen LogP contribution in [0.25, 0.3) is 0 Å². The molecule has 0 saturated heterocycles. The molecule has 0 fully saturated rings. The quantitative estimate of drug-likeness (QED) is 0.0604. The Hall–Kier alpha value is -0.497. The first kappa shape index (κ1) is 45.5. The fourth-order valence-corrected chi connectivity index (χ4v) is 4.17. The van der Waals surface area contributed by atoms with Crippen LogP contribution in [0.1, 0.15) is 155 Å². The second kappa shape index (κ2) is 37.5. The predicted molar refractivity (Wildman–Crippen MR) is 160 cm³/mol. The van der Waals surface area contributed by atoms with E-state index in [1.165, 1.54) is 89.9 Å². The third-order valence-corrected chi connectivity index (χ3v) is 8.58. The van der Waals surface area contributed by atoms with Gasteiger partial charge in [-0.3, -0.25) is 0 Å². The molecule has 1 atom stereocenters. The van der Waals surface area contributed by atoms with E-state index in [-0.39, 0.29) is 32.3 Å². The summed E-state index contributed by atoms with van der Waals surface area (Å²) in [7, 11) is 0. The van der Waals surface area contributed by atoms with Crippen LogP contribution in [0.3, 0.4) is 0 Å². The van der Waals surface area contributed by atoms with Crippen LogP contribution in [0, 0.1) is 22.7 Å². The van der Waals surface area contributed by atoms with Crippen LogP contribution in [-0.2, 0) is 29.1 Å². The number of halogens is 2. The molecule has 1 unspecified atom stereocenters. The van der Waals surface area contributed by atoms with Crippen molar-refractivity contribution in [1.29, 1.82) is 10.5 Å². The number of unbranched alkanes of at least 4 members (excludes halogenated alkanes) is 16. The summed E-state index contributed by atoms with van der Waals surface area (Å²) in [6.45, 7) is 4.44. The van der Waals surface area contributed by atoms with E-state index in [4.69, 9.17) is 10.5 Å². The molecule has 0 heterocycles. The van der Waals surface area contributed by atoms with Gasteiger partial charge in [-0.25, -0.2) is 0 Å². The molecular weight excluding hydrogens is 678 g/mol. The van der Waals surface area contributed by atoms with Gasteiger partial charge in [0, 0.05) is 23.7 Å². The van der Waals surface area contributed by atoms with Gasteiger partial charge < -0.3 is 19.8 Å². The fourth-order valence-electron chi connectivity index (χ4n) is 3.57. The average Bonchev–Trinajstić information content (AvgIpc) is 2.90. The topological polar surface area (TPSA) is 128 Å². The molecule has 0 spiro atoms. The van der Waals surface area contributed by atoms with Crippen molar-refractivity contribution in [2.24, 2.45) is 0 Å². The van der Waals surface area contributed by atoms with Crippen molar-refractivity contribution >= 4 is 43.8 Å². The van der Waals surface area contributed by atoms with E-state index in [0.29, 0.717) is 18.2 Å². The summed E-state index contributed by atoms with van der Waals surface area (Å²) in [5.41, 5.74) is 0. The molecule has 0 aliphatic rings. The Balaban J connectivity index is -0.000000236. The van der Waals surface area contributed by atoms with E-state index in [1.807, 2.05) is 6.07 Å². The van der Waals surface area contributed by atoms with Crippen LogP contribution >= 0.6 is 31.9 Å². The third kappa shape index (κ3) is 44.7. The van der Waals surface area contributed by atoms with E-state index in [0.717, 1.165) is 25.7 Å². The van der Waals surface area contributed by atoms with Gasteiger partial charge in [0.1, 0.15) is 4.32 Å². The molecule has 9 heteroatoms. The zero-order valence-electron chi connectivity index (χ0n) is 24.8. The first-order chi connectivity index (χ1) is 18.2. The molecule has 6 nitrogen and oxygen atoms in total. The number of nitrogens with zero attached hydrogens (tertiary/aromatic N) is 2. The Bertz CT molecular complexity index is 595. The van der Waals surface area contributed by atoms with E-state index in [2.05, 4.69) is 51.8 Å². The molecule has 0 aliphatic heterocycles. The minimum Gasteiger partial charge on any atom is -0.550 e. The number of hydrogen-bond donors (Lipinski definition) is 0. The Labute approximate surface area is 269 Å². The van der Waals surface area contributed by atoms with Gasteiger partial charge >= 0.3 is 19.5 Å². The zero-order chi connectivity index (χ0) is 29.3. The number of rotatable bonds is 23. The molecule has 0 amide bonds. The molecule has 0 aromatic carbocycles. The Morgan fingerprint density at radius 2 is 0.974 bits per heavy atom. The molecule has 0 saturated carbocycles. The fraction of sp³-hybridized carbons (Fsp3) is 0.867. The second-order valence-electron chi connectivity index (χ2n) is 9.77. The number of carboxylic acids is 2. The maximum absolute atomic E-state index is 10.1. The van der Waals surface area contributed by atoms with E-state index in [9.17, 15) is 19.8 Å². The van der Waals surface area contributed by atoms with Gasteiger partial charge in [0.05, 0.1) is 12.1 Å². The Morgan fingerprint density at radius 3 is 1.21 bits per heavy atom. The largest absolute Gasteiger partial charge is 2.00 e. The first-order valence-corrected chi connectivity index (χ1v) is 16.6. The third-order valence-electron chi connectivity index (χ3n) is 6.01. The summed E-state index contributed by atoms with van der Waals surface area (Å²) in [5.74, 6) is -1.82. The zero-order valence-corrected chi connectivity index (χ0v) is 30.9. The molecule has 0 aromatic heterocycles. The minimum absolute atomic E-state index is 0. The molecule has 222 valence electrons. The van der Waals surface area contributed by atoms with Gasteiger partial charge in [-0.15, -0.1) is 0 Å². The molecule has 0 aliphatic carbocycles. The number of carboxylic acid groups (broad SMARTS) is 2. The summed E-state index contributed by atoms with van der Waals surface area (Å²) >= 11 is 6.41. The van der Waals surface area contributed by atoms with Crippen LogP contribution in [0.15, 0.2) is 0 Å². The van der Waals surface area contributed by atoms with Crippen molar-refractivity contribution in [3.8, 4) is 12.1 Å². The molecule has 0 radical (unpaired) electrons. The monoisotopic (exact) mass is 726 g/mol. The van der Waals surface area contributed by atoms with Crippen LogP contribution in [0.5, 0.6) is 0 Å². The number of hydrogen-bond acceptors (Lipinski definition) is 6. The molecule has 0 rings (SSSR count). The van der Waals surface area contributed by atoms with Crippen LogP contribution in [0.2, 0.25) is 0 Å². The average molecular weight is 730 g/mol. The Morgan fingerprint density at radius 1 is 0.667 bits per heavy atom. The van der Waals surface area contributed by atoms with Crippen LogP contribution < -0.4 is 10.2 Å². The van der Waals surface area contributed by atoms with Crippen molar-refractivity contribution in [1.82, 2.24) is 0 Å². The summed E-state index contributed by atoms with van der Waals surface area (Å²) in [6.07, 6.45) is 23.3. The van der Waals surface area contributed by atoms with Gasteiger partial charge in [0.25, 0.3) is 0 Å². The van der Waals surface area contributed by atoms with Crippen LogP contribution in [0.4, 0.5) is 0 Å². The second-order valence-corrected chi connectivity index (χ2v) is 11.8. The Kier molecular flexibility index (Phi) is 43.7. The van der Waals surface area contributed by atoms with Gasteiger partial charge in [-0.1, -0.05) is 148 Å². The van der Waals surface area contributed by atoms with Crippen molar-refractivity contribution in [3.05, 3.63) is 0 Å². The number of nitriles is 2. The predicted octanol–water partition coefficient (Wildman–Crippen LogP) is 7.65. The number of carbonyl (C=O) groups is 2. The van der Waals surface area contributed by atoms with E-state index < -0.39 is 16.3 Å². The van der Waals surface area contributed by atoms with Gasteiger partial charge in [0.15, 0.2) is 0 Å². The van der Waals surface area contributed by atoms with Crippen LogP contribution in [-0.4, -0.2) is 21.6 Å². The standard InChI is InChI=1S/2C12H24O2.C6H6Br2N2.Zn/c2*1-2-3-4-5-6-7-8-9-10-11-12(13)14;7-4-6(8,5-10)2-1-3-9;/h2*2-11H2,1H3,(H,13,14);1-2,4H2;/q;;;+2/p-2. The maximum atomic E-state index is 10.1. The van der Waals surface area contributed by atoms with Crippen molar-refractivity contribution < 1.29 is 39.3 Å². The SMILES string of the molecule is CCCCCCCCCCCC(=O)[O-].CCCCCCCCCCCC(=O)[O-].N#CCCC(Br)(C#N)CBr.[Zn+2]. The molecular formula is C30H52Br2N2O4Zn. The van der Waals surface area contributed by atoms with E-state index >= 15 is 0 Å². The molecule has 39 heavy (non-hydrogen) atoms. The van der Waals surface area contributed by atoms with Gasteiger partial charge in [-0.2, -0.15) is 10.5 Å². The molecule has 0 N–H and O–H groups in total. The first-order valence-electron chi connectivity index (χ1n) is 14.7. The van der Waals surface area contributed by atoms with Gasteiger partial charge in [0.2, 0.25) is 0 Å². The van der Waals surface area contributed by atoms with Crippen molar-refractivity contribution in [2.75, 3.05) is 5.33 Å². The van der Waals surface area contributed by atoms with Crippen molar-refractivity contribution in [3.63, 3.8) is 0 Å². The van der Waals surface area contributed by atoms with E-state index in [1.54, 1.807) is 0 Å². The normalized spacial score (nSPS) is 11.2. The summed E-state index contributed by atoms with van der Waals surface area (Å²) < 4.78 is -0.553. The molecule has 0 bridgehead atoms. The van der Waals surface area contributed by atoms with Gasteiger partial charge in [-0.05, 0) is 32.1 Å². The van der Waals surface area contributed by atoms with Crippen molar-refractivity contribution in [2.45, 2.75) is 159 Å². The summed E-state index contributed by atoms with van der Waals surface area (Å²) in [6, 6.07) is 4.07. The summed E-state index contributed by atoms with van der Waals surface area (Å²) in [5, 5.41) is 37.5. The smallest absolute Gasteiger partial charge is 0.550 e. The minimum atomic E-state index is -0.909.